The fourth-order valence-corrected chi connectivity index (χ4v) is 5.68. The Hall–Kier alpha value is -3.25. The summed E-state index contributed by atoms with van der Waals surface area (Å²) in [5, 5.41) is 2.89. The number of carbonyl (C=O) groups is 2. The number of likely N-dealkylation sites (tertiary alicyclic amines) is 1. The van der Waals surface area contributed by atoms with Crippen molar-refractivity contribution < 1.29 is 27.5 Å². The van der Waals surface area contributed by atoms with Gasteiger partial charge in [-0.25, -0.2) is 9.78 Å². The smallest absolute Gasteiger partial charge is 0.420 e. The van der Waals surface area contributed by atoms with Gasteiger partial charge in [0.2, 0.25) is 5.91 Å². The minimum atomic E-state index is -4.55. The number of carbonyl (C=O) groups excluding carboxylic acids is 2. The number of halogens is 4. The maximum atomic E-state index is 13.4. The van der Waals surface area contributed by atoms with Gasteiger partial charge in [0, 0.05) is 57.7 Å². The van der Waals surface area contributed by atoms with Crippen LogP contribution in [0.5, 0.6) is 0 Å². The quantitative estimate of drug-likeness (QED) is 0.594. The molecule has 0 unspecified atom stereocenters. The van der Waals surface area contributed by atoms with E-state index in [1.54, 1.807) is 9.80 Å². The summed E-state index contributed by atoms with van der Waals surface area (Å²) in [6.45, 7) is 3.64. The van der Waals surface area contributed by atoms with Gasteiger partial charge in [0.15, 0.2) is 0 Å². The van der Waals surface area contributed by atoms with Gasteiger partial charge < -0.3 is 24.8 Å². The number of amides is 2. The van der Waals surface area contributed by atoms with Crippen LogP contribution in [0.2, 0.25) is 5.02 Å². The number of ether oxygens (including phenoxy) is 1. The molecule has 3 saturated heterocycles. The van der Waals surface area contributed by atoms with Crippen molar-refractivity contribution >= 4 is 35.1 Å². The zero-order valence-electron chi connectivity index (χ0n) is 21.3. The summed E-state index contributed by atoms with van der Waals surface area (Å²) in [5.74, 6) is -0.141. The van der Waals surface area contributed by atoms with Crippen molar-refractivity contribution in [1.82, 2.24) is 20.1 Å². The minimum absolute atomic E-state index is 0.0188. The summed E-state index contributed by atoms with van der Waals surface area (Å²) < 4.78 is 45.8. The topological polar surface area (TPSA) is 81.2 Å². The number of nitrogens with one attached hydrogen (secondary N) is 1. The average Bonchev–Trinajstić information content (AvgIpc) is 3.24. The second kappa shape index (κ2) is 11.1. The summed E-state index contributed by atoms with van der Waals surface area (Å²) in [7, 11) is 0. The molecule has 3 aliphatic rings. The molecule has 1 aromatic heterocycles. The molecule has 5 rings (SSSR count). The van der Waals surface area contributed by atoms with Gasteiger partial charge >= 0.3 is 12.3 Å². The molecule has 1 spiro atoms. The van der Waals surface area contributed by atoms with Crippen molar-refractivity contribution in [2.75, 3.05) is 68.9 Å². The molecular weight excluding hydrogens is 537 g/mol. The Labute approximate surface area is 229 Å². The van der Waals surface area contributed by atoms with Crippen LogP contribution >= 0.6 is 11.6 Å². The number of hydrogen-bond donors (Lipinski definition) is 1. The van der Waals surface area contributed by atoms with Gasteiger partial charge in [-0.15, -0.1) is 0 Å². The van der Waals surface area contributed by atoms with Gasteiger partial charge in [0.1, 0.15) is 18.0 Å². The van der Waals surface area contributed by atoms with E-state index in [1.807, 2.05) is 35.2 Å². The van der Waals surface area contributed by atoms with E-state index in [2.05, 4.69) is 15.2 Å². The van der Waals surface area contributed by atoms with E-state index in [0.29, 0.717) is 65.3 Å². The van der Waals surface area contributed by atoms with E-state index in [4.69, 9.17) is 16.3 Å². The molecule has 0 radical (unpaired) electrons. The van der Waals surface area contributed by atoms with Gasteiger partial charge in [-0.1, -0.05) is 29.8 Å². The van der Waals surface area contributed by atoms with Crippen LogP contribution in [0, 0.1) is 0 Å². The fourth-order valence-electron chi connectivity index (χ4n) is 5.52. The lowest BCUT2D eigenvalue weighted by Crippen LogP contribution is -2.57. The van der Waals surface area contributed by atoms with Crippen LogP contribution in [0.4, 0.5) is 29.5 Å². The summed E-state index contributed by atoms with van der Waals surface area (Å²) >= 11 is 5.74. The van der Waals surface area contributed by atoms with Crippen molar-refractivity contribution in [3.8, 4) is 0 Å². The highest BCUT2D eigenvalue weighted by Gasteiger charge is 2.51. The first-order chi connectivity index (χ1) is 18.7. The third kappa shape index (κ3) is 5.72. The maximum Gasteiger partial charge on any atom is 0.420 e. The molecule has 2 amide bonds. The molecule has 1 N–H and O–H groups in total. The normalized spacial score (nSPS) is 19.9. The maximum absolute atomic E-state index is 13.4. The number of piperidine rings is 1. The molecule has 210 valence electrons. The molecule has 2 aromatic rings. The molecule has 4 heterocycles. The Kier molecular flexibility index (Phi) is 7.77. The lowest BCUT2D eigenvalue weighted by atomic mass is 9.86. The van der Waals surface area contributed by atoms with Crippen molar-refractivity contribution in [2.24, 2.45) is 0 Å². The SMILES string of the molecule is O=C(OCCN1CCN(c2ncc(Cl)cc2C(F)(F)F)CC1)N1CCC2(CC1)C(=O)NCN2c1ccccc1. The number of nitrogens with zero attached hydrogens (tertiary/aromatic N) is 5. The van der Waals surface area contributed by atoms with Crippen molar-refractivity contribution in [3.05, 3.63) is 53.2 Å². The molecule has 1 aromatic carbocycles. The second-order valence-electron chi connectivity index (χ2n) is 9.91. The van der Waals surface area contributed by atoms with E-state index < -0.39 is 23.4 Å². The first-order valence-corrected chi connectivity index (χ1v) is 13.3. The number of alkyl halides is 3. The predicted octanol–water partition coefficient (Wildman–Crippen LogP) is 3.44. The molecular formula is C26H30ClF3N6O3. The van der Waals surface area contributed by atoms with Crippen LogP contribution in [-0.2, 0) is 15.7 Å². The number of pyridine rings is 1. The molecule has 3 fully saturated rings. The molecule has 0 aliphatic carbocycles. The van der Waals surface area contributed by atoms with E-state index in [9.17, 15) is 22.8 Å². The Bertz CT molecular complexity index is 1190. The molecule has 39 heavy (non-hydrogen) atoms. The number of hydrogen-bond acceptors (Lipinski definition) is 7. The van der Waals surface area contributed by atoms with Gasteiger partial charge in [0.25, 0.3) is 0 Å². The summed E-state index contributed by atoms with van der Waals surface area (Å²) in [5.41, 5.74) is -0.556. The van der Waals surface area contributed by atoms with Gasteiger partial charge in [0.05, 0.1) is 17.3 Å². The number of aromatic nitrogens is 1. The third-order valence-electron chi connectivity index (χ3n) is 7.70. The standard InChI is InChI=1S/C26H30ClF3N6O3/c27-19-16-21(26(28,29)30)22(31-17-19)34-12-10-33(11-13-34)14-15-39-24(38)35-8-6-25(7-9-35)23(37)32-18-36(25)20-4-2-1-3-5-20/h1-5,16-17H,6-15,18H2,(H,32,37). The molecule has 0 atom stereocenters. The predicted molar refractivity (Wildman–Crippen MR) is 140 cm³/mol. The van der Waals surface area contributed by atoms with Crippen molar-refractivity contribution in [2.45, 2.75) is 24.6 Å². The lowest BCUT2D eigenvalue weighted by Gasteiger charge is -2.43. The van der Waals surface area contributed by atoms with E-state index in [0.717, 1.165) is 11.8 Å². The Morgan fingerprint density at radius 1 is 1.08 bits per heavy atom. The average molecular weight is 567 g/mol. The van der Waals surface area contributed by atoms with Crippen LogP contribution in [0.1, 0.15) is 18.4 Å². The van der Waals surface area contributed by atoms with Crippen molar-refractivity contribution in [1.29, 1.82) is 0 Å². The highest BCUT2D eigenvalue weighted by Crippen LogP contribution is 2.38. The molecule has 13 heteroatoms. The van der Waals surface area contributed by atoms with Crippen LogP contribution in [0.3, 0.4) is 0 Å². The highest BCUT2D eigenvalue weighted by atomic mass is 35.5. The largest absolute Gasteiger partial charge is 0.448 e. The zero-order chi connectivity index (χ0) is 27.6. The molecule has 0 saturated carbocycles. The number of anilines is 2. The van der Waals surface area contributed by atoms with E-state index >= 15 is 0 Å². The Morgan fingerprint density at radius 3 is 2.44 bits per heavy atom. The number of piperazine rings is 1. The zero-order valence-corrected chi connectivity index (χ0v) is 22.0. The first-order valence-electron chi connectivity index (χ1n) is 12.9. The monoisotopic (exact) mass is 566 g/mol. The van der Waals surface area contributed by atoms with Gasteiger partial charge in [-0.2, -0.15) is 13.2 Å². The van der Waals surface area contributed by atoms with Gasteiger partial charge in [-0.05, 0) is 31.0 Å². The fraction of sp³-hybridized carbons (Fsp3) is 0.500. The summed E-state index contributed by atoms with van der Waals surface area (Å²) in [6, 6.07) is 10.7. The molecule has 3 aliphatic heterocycles. The molecule has 0 bridgehead atoms. The lowest BCUT2D eigenvalue weighted by molar-refractivity contribution is -0.137. The van der Waals surface area contributed by atoms with Gasteiger partial charge in [-0.3, -0.25) is 9.69 Å². The van der Waals surface area contributed by atoms with Crippen LogP contribution in [0.15, 0.2) is 42.6 Å². The number of para-hydroxylation sites is 1. The second-order valence-corrected chi connectivity index (χ2v) is 10.3. The number of rotatable bonds is 5. The van der Waals surface area contributed by atoms with Crippen LogP contribution in [-0.4, -0.2) is 91.4 Å². The van der Waals surface area contributed by atoms with E-state index in [1.165, 1.54) is 6.20 Å². The summed E-state index contributed by atoms with van der Waals surface area (Å²) in [4.78, 5) is 36.8. The third-order valence-corrected chi connectivity index (χ3v) is 7.90. The van der Waals surface area contributed by atoms with Crippen LogP contribution in [0.25, 0.3) is 0 Å². The summed E-state index contributed by atoms with van der Waals surface area (Å²) in [6.07, 6.45) is -2.74. The van der Waals surface area contributed by atoms with Crippen LogP contribution < -0.4 is 15.1 Å². The first kappa shape index (κ1) is 27.3. The molecule has 9 nitrogen and oxygen atoms in total. The Balaban J connectivity index is 1.08. The minimum Gasteiger partial charge on any atom is -0.448 e. The highest BCUT2D eigenvalue weighted by molar-refractivity contribution is 6.30. The Morgan fingerprint density at radius 2 is 1.77 bits per heavy atom. The van der Waals surface area contributed by atoms with E-state index in [-0.39, 0.29) is 23.4 Å². The van der Waals surface area contributed by atoms with Crippen molar-refractivity contribution in [3.63, 3.8) is 0 Å². The number of benzene rings is 1.